The highest BCUT2D eigenvalue weighted by atomic mass is 16.6. The summed E-state index contributed by atoms with van der Waals surface area (Å²) in [5, 5.41) is 93.9. The predicted molar refractivity (Wildman–Crippen MR) is 71.0 cm³/mol. The van der Waals surface area contributed by atoms with Gasteiger partial charge in [0.05, 0.1) is 6.61 Å². The van der Waals surface area contributed by atoms with Crippen molar-refractivity contribution in [1.82, 2.24) is 0 Å². The minimum absolute atomic E-state index is 0.976. The van der Waals surface area contributed by atoms with E-state index in [1.54, 1.807) is 0 Å². The average Bonchev–Trinajstić information content (AvgIpc) is 2.58. The number of hydrogen-bond donors (Lipinski definition) is 10. The standard InChI is InChI=1S/C12H22O12/c13-1-2(14)3(15)4(16)10(22)12(23)24-11-8(20)6(18)5(17)7(19)9(11)21/h2-11,13-22H,1H2/t2-,3-,4+,5?,6?,7?,8?,9?,10-,11?/m1/s1. The summed E-state index contributed by atoms with van der Waals surface area (Å²) < 4.78 is 4.52. The molecule has 0 heterocycles. The fraction of sp³-hybridized carbons (Fsp3) is 0.917. The van der Waals surface area contributed by atoms with E-state index in [1.807, 2.05) is 0 Å². The second-order valence-electron chi connectivity index (χ2n) is 5.53. The first-order chi connectivity index (χ1) is 11.0. The third kappa shape index (κ3) is 4.18. The van der Waals surface area contributed by atoms with E-state index in [1.165, 1.54) is 0 Å². The van der Waals surface area contributed by atoms with Crippen molar-refractivity contribution < 1.29 is 60.6 Å². The van der Waals surface area contributed by atoms with E-state index in [2.05, 4.69) is 4.74 Å². The molecular formula is C12H22O12. The number of carbonyl (C=O) groups is 1. The van der Waals surface area contributed by atoms with Crippen LogP contribution in [-0.4, -0.2) is 125 Å². The van der Waals surface area contributed by atoms with Gasteiger partial charge in [0.25, 0.3) is 0 Å². The van der Waals surface area contributed by atoms with Crippen LogP contribution in [0.1, 0.15) is 0 Å². The summed E-state index contributed by atoms with van der Waals surface area (Å²) >= 11 is 0. The van der Waals surface area contributed by atoms with Crippen molar-refractivity contribution in [2.75, 3.05) is 6.61 Å². The average molecular weight is 358 g/mol. The van der Waals surface area contributed by atoms with E-state index >= 15 is 0 Å². The highest BCUT2D eigenvalue weighted by molar-refractivity contribution is 5.75. The topological polar surface area (TPSA) is 229 Å². The van der Waals surface area contributed by atoms with E-state index in [4.69, 9.17) is 10.2 Å². The Kier molecular flexibility index (Phi) is 7.43. The second kappa shape index (κ2) is 8.44. The normalized spacial score (nSPS) is 38.9. The molecule has 0 aromatic rings. The van der Waals surface area contributed by atoms with Gasteiger partial charge in [0.2, 0.25) is 0 Å². The SMILES string of the molecule is O=C(OC1C(O)C(O)C(O)C(O)C1O)[C@H](O)[C@@H](O)[C@H](O)[C@H](O)CO. The Morgan fingerprint density at radius 1 is 0.792 bits per heavy atom. The van der Waals surface area contributed by atoms with Gasteiger partial charge in [-0.2, -0.15) is 0 Å². The molecule has 0 amide bonds. The first-order valence-electron chi connectivity index (χ1n) is 6.98. The van der Waals surface area contributed by atoms with Crippen molar-refractivity contribution in [2.45, 2.75) is 61.0 Å². The molecule has 0 bridgehead atoms. The summed E-state index contributed by atoms with van der Waals surface area (Å²) in [6.07, 6.45) is -20.5. The van der Waals surface area contributed by atoms with Crippen LogP contribution in [0, 0.1) is 0 Å². The Balaban J connectivity index is 2.78. The van der Waals surface area contributed by atoms with Gasteiger partial charge in [-0.3, -0.25) is 0 Å². The molecule has 0 aromatic heterocycles. The van der Waals surface area contributed by atoms with Crippen molar-refractivity contribution in [2.24, 2.45) is 0 Å². The number of hydrogen-bond acceptors (Lipinski definition) is 12. The van der Waals surface area contributed by atoms with Gasteiger partial charge in [0.1, 0.15) is 48.8 Å². The summed E-state index contributed by atoms with van der Waals surface area (Å²) in [5.41, 5.74) is 0. The zero-order valence-corrected chi connectivity index (χ0v) is 12.3. The van der Waals surface area contributed by atoms with Gasteiger partial charge in [0, 0.05) is 0 Å². The van der Waals surface area contributed by atoms with Crippen molar-refractivity contribution in [1.29, 1.82) is 0 Å². The Morgan fingerprint density at radius 2 is 1.21 bits per heavy atom. The van der Waals surface area contributed by atoms with E-state index in [-0.39, 0.29) is 0 Å². The van der Waals surface area contributed by atoms with Gasteiger partial charge in [-0.1, -0.05) is 0 Å². The number of ether oxygens (including phenoxy) is 1. The number of aliphatic hydroxyl groups is 10. The van der Waals surface area contributed by atoms with Crippen LogP contribution < -0.4 is 0 Å². The molecule has 10 N–H and O–H groups in total. The number of aliphatic hydroxyl groups excluding tert-OH is 10. The molecule has 8 atom stereocenters. The molecule has 1 saturated carbocycles. The maximum Gasteiger partial charge on any atom is 0.338 e. The molecule has 0 saturated heterocycles. The van der Waals surface area contributed by atoms with Gasteiger partial charge in [-0.15, -0.1) is 0 Å². The molecule has 0 spiro atoms. The molecule has 1 aliphatic carbocycles. The number of rotatable bonds is 6. The van der Waals surface area contributed by atoms with Crippen molar-refractivity contribution in [3.05, 3.63) is 0 Å². The first-order valence-corrected chi connectivity index (χ1v) is 6.98. The molecule has 12 nitrogen and oxygen atoms in total. The van der Waals surface area contributed by atoms with Crippen LogP contribution in [0.5, 0.6) is 0 Å². The van der Waals surface area contributed by atoms with Crippen LogP contribution in [0.3, 0.4) is 0 Å². The van der Waals surface area contributed by atoms with E-state index < -0.39 is 73.6 Å². The fourth-order valence-corrected chi connectivity index (χ4v) is 2.20. The fourth-order valence-electron chi connectivity index (χ4n) is 2.20. The van der Waals surface area contributed by atoms with E-state index in [0.717, 1.165) is 0 Å². The highest BCUT2D eigenvalue weighted by Gasteiger charge is 2.51. The molecule has 0 aromatic carbocycles. The zero-order valence-electron chi connectivity index (χ0n) is 12.3. The summed E-state index contributed by atoms with van der Waals surface area (Å²) in [5.74, 6) is -1.66. The summed E-state index contributed by atoms with van der Waals surface area (Å²) in [6.45, 7) is -0.976. The van der Waals surface area contributed by atoms with Crippen LogP contribution in [0.15, 0.2) is 0 Å². The quantitative estimate of drug-likeness (QED) is 0.200. The molecule has 1 rings (SSSR count). The Morgan fingerprint density at radius 3 is 1.62 bits per heavy atom. The third-order valence-corrected chi connectivity index (χ3v) is 3.82. The Bertz CT molecular complexity index is 403. The van der Waals surface area contributed by atoms with Crippen LogP contribution in [-0.2, 0) is 9.53 Å². The van der Waals surface area contributed by atoms with Crippen molar-refractivity contribution >= 4 is 5.97 Å². The van der Waals surface area contributed by atoms with Gasteiger partial charge < -0.3 is 55.8 Å². The number of carbonyl (C=O) groups excluding carboxylic acids is 1. The lowest BCUT2D eigenvalue weighted by Gasteiger charge is -2.41. The van der Waals surface area contributed by atoms with Crippen molar-refractivity contribution in [3.63, 3.8) is 0 Å². The van der Waals surface area contributed by atoms with Gasteiger partial charge >= 0.3 is 5.97 Å². The lowest BCUT2D eigenvalue weighted by atomic mass is 9.85. The molecule has 24 heavy (non-hydrogen) atoms. The molecule has 4 unspecified atom stereocenters. The largest absolute Gasteiger partial charge is 0.455 e. The molecule has 1 aliphatic rings. The van der Waals surface area contributed by atoms with Crippen LogP contribution in [0.2, 0.25) is 0 Å². The second-order valence-corrected chi connectivity index (χ2v) is 5.53. The van der Waals surface area contributed by atoms with Gasteiger partial charge in [-0.25, -0.2) is 4.79 Å². The lowest BCUT2D eigenvalue weighted by molar-refractivity contribution is -0.239. The summed E-state index contributed by atoms with van der Waals surface area (Å²) in [4.78, 5) is 11.7. The molecule has 0 radical (unpaired) electrons. The Hall–Kier alpha value is -0.930. The molecule has 142 valence electrons. The zero-order chi connectivity index (χ0) is 18.8. The van der Waals surface area contributed by atoms with E-state index in [9.17, 15) is 45.6 Å². The minimum Gasteiger partial charge on any atom is -0.455 e. The summed E-state index contributed by atoms with van der Waals surface area (Å²) in [7, 11) is 0. The highest BCUT2D eigenvalue weighted by Crippen LogP contribution is 2.24. The van der Waals surface area contributed by atoms with Crippen LogP contribution in [0.4, 0.5) is 0 Å². The van der Waals surface area contributed by atoms with Gasteiger partial charge in [-0.05, 0) is 0 Å². The lowest BCUT2D eigenvalue weighted by Crippen LogP contribution is -2.65. The molecule has 12 heteroatoms. The van der Waals surface area contributed by atoms with Gasteiger partial charge in [0.15, 0.2) is 12.2 Å². The molecule has 0 aliphatic heterocycles. The third-order valence-electron chi connectivity index (χ3n) is 3.82. The maximum absolute atomic E-state index is 11.7. The van der Waals surface area contributed by atoms with Crippen LogP contribution in [0.25, 0.3) is 0 Å². The Labute approximate surface area is 135 Å². The van der Waals surface area contributed by atoms with Crippen LogP contribution >= 0.6 is 0 Å². The van der Waals surface area contributed by atoms with E-state index in [0.29, 0.717) is 0 Å². The molecule has 1 fully saturated rings. The minimum atomic E-state index is -2.44. The maximum atomic E-state index is 11.7. The number of esters is 1. The summed E-state index contributed by atoms with van der Waals surface area (Å²) in [6, 6.07) is 0. The monoisotopic (exact) mass is 358 g/mol. The predicted octanol–water partition coefficient (Wildman–Crippen LogP) is -6.85. The van der Waals surface area contributed by atoms with Crippen molar-refractivity contribution in [3.8, 4) is 0 Å². The molecular weight excluding hydrogens is 336 g/mol. The first kappa shape index (κ1) is 21.1. The smallest absolute Gasteiger partial charge is 0.338 e.